The number of anilines is 1. The number of ether oxygens (including phenoxy) is 1. The van der Waals surface area contributed by atoms with E-state index in [0.717, 1.165) is 18.3 Å². The maximum Gasteiger partial charge on any atom is 0.218 e. The first-order valence-electron chi connectivity index (χ1n) is 7.03. The van der Waals surface area contributed by atoms with Gasteiger partial charge in [-0.05, 0) is 45.8 Å². The Morgan fingerprint density at radius 2 is 2.11 bits per heavy atom. The van der Waals surface area contributed by atoms with E-state index in [0.29, 0.717) is 12.5 Å². The van der Waals surface area contributed by atoms with Crippen LogP contribution in [0, 0.1) is 5.92 Å². The van der Waals surface area contributed by atoms with E-state index in [2.05, 4.69) is 33.9 Å². The molecule has 0 radical (unpaired) electrons. The van der Waals surface area contributed by atoms with Gasteiger partial charge in [-0.25, -0.2) is 9.97 Å². The maximum absolute atomic E-state index is 5.42. The third-order valence-electron chi connectivity index (χ3n) is 3.68. The molecule has 0 atom stereocenters. The van der Waals surface area contributed by atoms with Crippen LogP contribution < -0.4 is 9.64 Å². The summed E-state index contributed by atoms with van der Waals surface area (Å²) < 4.78 is 5.42. The Bertz CT molecular complexity index is 391. The lowest BCUT2D eigenvalue weighted by Crippen LogP contribution is -2.36. The van der Waals surface area contributed by atoms with Gasteiger partial charge in [0, 0.05) is 19.7 Å². The Morgan fingerprint density at radius 3 is 2.79 bits per heavy atom. The SMILES string of the molecule is CCOc1cc(N(C)CC2CCN(C)CC2)ncn1. The minimum Gasteiger partial charge on any atom is -0.478 e. The van der Waals surface area contributed by atoms with Crippen LogP contribution in [0.15, 0.2) is 12.4 Å². The summed E-state index contributed by atoms with van der Waals surface area (Å²) in [7, 11) is 4.29. The van der Waals surface area contributed by atoms with Crippen molar-refractivity contribution < 1.29 is 4.74 Å². The van der Waals surface area contributed by atoms with Gasteiger partial charge in [-0.2, -0.15) is 0 Å². The van der Waals surface area contributed by atoms with Crippen LogP contribution in [0.25, 0.3) is 0 Å². The molecule has 1 saturated heterocycles. The van der Waals surface area contributed by atoms with Crippen LogP contribution in [0.2, 0.25) is 0 Å². The number of rotatable bonds is 5. The summed E-state index contributed by atoms with van der Waals surface area (Å²) >= 11 is 0. The molecule has 0 aliphatic carbocycles. The van der Waals surface area contributed by atoms with Crippen molar-refractivity contribution in [3.63, 3.8) is 0 Å². The number of hydrogen-bond acceptors (Lipinski definition) is 5. The third kappa shape index (κ3) is 4.06. The van der Waals surface area contributed by atoms with Crippen molar-refractivity contribution in [2.75, 3.05) is 45.2 Å². The average molecular weight is 264 g/mol. The van der Waals surface area contributed by atoms with Gasteiger partial charge in [-0.3, -0.25) is 0 Å². The van der Waals surface area contributed by atoms with Crippen LogP contribution >= 0.6 is 0 Å². The first-order valence-corrected chi connectivity index (χ1v) is 7.03. The Labute approximate surface area is 115 Å². The lowest BCUT2D eigenvalue weighted by molar-refractivity contribution is 0.222. The van der Waals surface area contributed by atoms with Gasteiger partial charge in [0.2, 0.25) is 5.88 Å². The van der Waals surface area contributed by atoms with Crippen LogP contribution in [0.1, 0.15) is 19.8 Å². The van der Waals surface area contributed by atoms with Crippen LogP contribution in [0.5, 0.6) is 5.88 Å². The van der Waals surface area contributed by atoms with Gasteiger partial charge in [0.05, 0.1) is 6.61 Å². The first-order chi connectivity index (χ1) is 9.19. The fourth-order valence-corrected chi connectivity index (χ4v) is 2.49. The lowest BCUT2D eigenvalue weighted by atomic mass is 9.97. The van der Waals surface area contributed by atoms with Crippen molar-refractivity contribution in [3.8, 4) is 5.88 Å². The van der Waals surface area contributed by atoms with Crippen molar-refractivity contribution in [2.24, 2.45) is 5.92 Å². The molecule has 2 heterocycles. The molecule has 1 aromatic rings. The molecular weight excluding hydrogens is 240 g/mol. The van der Waals surface area contributed by atoms with Crippen LogP contribution in [-0.4, -0.2) is 55.2 Å². The minimum absolute atomic E-state index is 0.634. The smallest absolute Gasteiger partial charge is 0.218 e. The fourth-order valence-electron chi connectivity index (χ4n) is 2.49. The van der Waals surface area contributed by atoms with Gasteiger partial charge in [-0.15, -0.1) is 0 Å². The Morgan fingerprint density at radius 1 is 1.37 bits per heavy atom. The van der Waals surface area contributed by atoms with E-state index in [1.165, 1.54) is 25.9 Å². The largest absolute Gasteiger partial charge is 0.478 e. The molecule has 1 aliphatic heterocycles. The second kappa shape index (κ2) is 6.70. The predicted molar refractivity (Wildman–Crippen MR) is 76.7 cm³/mol. The Kier molecular flexibility index (Phi) is 4.96. The quantitative estimate of drug-likeness (QED) is 0.809. The molecule has 0 bridgehead atoms. The summed E-state index contributed by atoms with van der Waals surface area (Å²) in [6.45, 7) is 6.05. The van der Waals surface area contributed by atoms with Gasteiger partial charge in [0.1, 0.15) is 12.1 Å². The zero-order valence-corrected chi connectivity index (χ0v) is 12.2. The molecule has 0 saturated carbocycles. The molecule has 0 unspecified atom stereocenters. The normalized spacial score (nSPS) is 17.4. The van der Waals surface area contributed by atoms with Crippen molar-refractivity contribution >= 4 is 5.82 Å². The molecule has 1 aromatic heterocycles. The molecule has 5 nitrogen and oxygen atoms in total. The van der Waals surface area contributed by atoms with E-state index in [4.69, 9.17) is 4.74 Å². The maximum atomic E-state index is 5.42. The molecule has 2 rings (SSSR count). The zero-order chi connectivity index (χ0) is 13.7. The van der Waals surface area contributed by atoms with E-state index in [-0.39, 0.29) is 0 Å². The van der Waals surface area contributed by atoms with Gasteiger partial charge in [0.15, 0.2) is 0 Å². The van der Waals surface area contributed by atoms with Crippen molar-refractivity contribution in [3.05, 3.63) is 12.4 Å². The number of aromatic nitrogens is 2. The monoisotopic (exact) mass is 264 g/mol. The summed E-state index contributed by atoms with van der Waals surface area (Å²) in [5.41, 5.74) is 0. The van der Waals surface area contributed by atoms with Crippen LogP contribution in [-0.2, 0) is 0 Å². The molecule has 0 amide bonds. The van der Waals surface area contributed by atoms with Gasteiger partial charge in [-0.1, -0.05) is 0 Å². The molecule has 1 aliphatic rings. The molecule has 5 heteroatoms. The molecule has 0 spiro atoms. The summed E-state index contributed by atoms with van der Waals surface area (Å²) in [4.78, 5) is 13.0. The van der Waals surface area contributed by atoms with E-state index in [1.807, 2.05) is 13.0 Å². The van der Waals surface area contributed by atoms with Crippen LogP contribution in [0.3, 0.4) is 0 Å². The summed E-state index contributed by atoms with van der Waals surface area (Å²) in [6, 6.07) is 1.92. The number of piperidine rings is 1. The van der Waals surface area contributed by atoms with Gasteiger partial charge in [0.25, 0.3) is 0 Å². The highest BCUT2D eigenvalue weighted by molar-refractivity contribution is 5.39. The van der Waals surface area contributed by atoms with E-state index >= 15 is 0 Å². The Balaban J connectivity index is 1.91. The van der Waals surface area contributed by atoms with Gasteiger partial charge < -0.3 is 14.5 Å². The summed E-state index contributed by atoms with van der Waals surface area (Å²) in [6.07, 6.45) is 4.11. The first kappa shape index (κ1) is 14.1. The highest BCUT2D eigenvalue weighted by Gasteiger charge is 2.18. The fraction of sp³-hybridized carbons (Fsp3) is 0.714. The van der Waals surface area contributed by atoms with Crippen LogP contribution in [0.4, 0.5) is 5.82 Å². The van der Waals surface area contributed by atoms with Crippen molar-refractivity contribution in [1.82, 2.24) is 14.9 Å². The van der Waals surface area contributed by atoms with Gasteiger partial charge >= 0.3 is 0 Å². The summed E-state index contributed by atoms with van der Waals surface area (Å²) in [5.74, 6) is 2.35. The molecule has 19 heavy (non-hydrogen) atoms. The molecule has 0 aromatic carbocycles. The predicted octanol–water partition coefficient (Wildman–Crippen LogP) is 1.65. The standard InChI is InChI=1S/C14H24N4O/c1-4-19-14-9-13(15-11-16-14)18(3)10-12-5-7-17(2)8-6-12/h9,11-12H,4-8,10H2,1-3H3. The van der Waals surface area contributed by atoms with E-state index in [9.17, 15) is 0 Å². The topological polar surface area (TPSA) is 41.5 Å². The number of hydrogen-bond donors (Lipinski definition) is 0. The van der Waals surface area contributed by atoms with E-state index < -0.39 is 0 Å². The third-order valence-corrected chi connectivity index (χ3v) is 3.68. The molecule has 1 fully saturated rings. The molecular formula is C14H24N4O. The zero-order valence-electron chi connectivity index (χ0n) is 12.2. The highest BCUT2D eigenvalue weighted by atomic mass is 16.5. The average Bonchev–Trinajstić information content (AvgIpc) is 2.42. The van der Waals surface area contributed by atoms with Crippen molar-refractivity contribution in [2.45, 2.75) is 19.8 Å². The minimum atomic E-state index is 0.634. The second-order valence-corrected chi connectivity index (χ2v) is 5.27. The number of likely N-dealkylation sites (tertiary alicyclic amines) is 1. The lowest BCUT2D eigenvalue weighted by Gasteiger charge is -2.32. The van der Waals surface area contributed by atoms with Crippen molar-refractivity contribution in [1.29, 1.82) is 0 Å². The molecule has 106 valence electrons. The summed E-state index contributed by atoms with van der Waals surface area (Å²) in [5, 5.41) is 0. The highest BCUT2D eigenvalue weighted by Crippen LogP contribution is 2.20. The second-order valence-electron chi connectivity index (χ2n) is 5.27. The van der Waals surface area contributed by atoms with E-state index in [1.54, 1.807) is 6.33 Å². The Hall–Kier alpha value is -1.36. The number of nitrogens with zero attached hydrogens (tertiary/aromatic N) is 4. The molecule has 0 N–H and O–H groups in total.